The van der Waals surface area contributed by atoms with Gasteiger partial charge in [0.2, 0.25) is 23.6 Å². The Labute approximate surface area is 755 Å². The van der Waals surface area contributed by atoms with E-state index in [9.17, 15) is 57.5 Å². The van der Waals surface area contributed by atoms with Crippen molar-refractivity contribution in [2.75, 3.05) is 144 Å². The van der Waals surface area contributed by atoms with Crippen molar-refractivity contribution in [2.24, 2.45) is 0 Å². The van der Waals surface area contributed by atoms with Gasteiger partial charge in [-0.1, -0.05) is 200 Å². The van der Waals surface area contributed by atoms with E-state index in [-0.39, 0.29) is 82.3 Å². The van der Waals surface area contributed by atoms with Crippen LogP contribution in [0.25, 0.3) is 0 Å². The van der Waals surface area contributed by atoms with Crippen LogP contribution in [0.3, 0.4) is 0 Å². The van der Waals surface area contributed by atoms with Gasteiger partial charge >= 0.3 is 48.3 Å². The van der Waals surface area contributed by atoms with Gasteiger partial charge in [-0.3, -0.25) is 38.4 Å². The van der Waals surface area contributed by atoms with E-state index in [1.807, 2.05) is 254 Å². The molecule has 4 fully saturated rings. The van der Waals surface area contributed by atoms with Gasteiger partial charge in [0.15, 0.2) is 0 Å². The SMILES string of the molecule is CN(CC(=O)N1CCN(c2ccc(CC(=O)O)cc2)CC1)C(=O)OCc1ccccc1.C[C@@H](NC(=O)OCc1ccccc1)C(=O)N1CCN(c2ccc(CC(=O)O)cc2)CC1.O=C(O)Cc1ccc(N2CCN(C(=O)CCCNC(=O)OCc3ccccc3)CC2)cc1.O=C(O)Cc1ccc(N2CCN(C(=O)[C@H](NC(=O)OCc3ccccc3)c3ccccc3)CC2)cc1. The van der Waals surface area contributed by atoms with Gasteiger partial charge in [-0.25, -0.2) is 19.2 Å². The second-order valence-corrected chi connectivity index (χ2v) is 31.3. The predicted molar refractivity (Wildman–Crippen MR) is 488 cm³/mol. The Bertz CT molecular complexity index is 5120. The quantitative estimate of drug-likeness (QED) is 0.0157. The summed E-state index contributed by atoms with van der Waals surface area (Å²) in [7, 11) is 1.56. The third-order valence-electron chi connectivity index (χ3n) is 21.8. The van der Waals surface area contributed by atoms with Crippen molar-refractivity contribution in [3.05, 3.63) is 299 Å². The number of carbonyl (C=O) groups is 12. The van der Waals surface area contributed by atoms with Crippen molar-refractivity contribution < 1.29 is 96.9 Å². The lowest BCUT2D eigenvalue weighted by Crippen LogP contribution is -2.54. The minimum absolute atomic E-state index is 0.00122. The van der Waals surface area contributed by atoms with E-state index >= 15 is 0 Å². The Morgan fingerprint density at radius 2 is 0.608 bits per heavy atom. The summed E-state index contributed by atoms with van der Waals surface area (Å²) < 4.78 is 20.9. The Morgan fingerprint density at radius 1 is 0.323 bits per heavy atom. The van der Waals surface area contributed by atoms with Crippen molar-refractivity contribution >= 4 is 94.6 Å². The average molecular weight is 1780 g/mol. The summed E-state index contributed by atoms with van der Waals surface area (Å²) in [6, 6.07) is 75.1. The van der Waals surface area contributed by atoms with E-state index in [0.29, 0.717) is 117 Å². The van der Waals surface area contributed by atoms with Crippen molar-refractivity contribution in [1.82, 2.24) is 40.4 Å². The molecule has 4 aliphatic rings. The summed E-state index contributed by atoms with van der Waals surface area (Å²) >= 11 is 0. The number of rotatable bonds is 31. The first-order chi connectivity index (χ1) is 62.8. The fourth-order valence-corrected chi connectivity index (χ4v) is 14.6. The van der Waals surface area contributed by atoms with Crippen molar-refractivity contribution in [3.63, 3.8) is 0 Å². The number of carboxylic acids is 4. The number of carbonyl (C=O) groups excluding carboxylic acids is 8. The van der Waals surface area contributed by atoms with Gasteiger partial charge in [0.1, 0.15) is 45.1 Å². The zero-order valence-corrected chi connectivity index (χ0v) is 73.0. The number of carboxylic acid groups (broad SMARTS) is 4. The number of alkyl carbamates (subject to hydrolysis) is 3. The summed E-state index contributed by atoms with van der Waals surface area (Å²) in [5.74, 6) is -3.77. The van der Waals surface area contributed by atoms with Gasteiger partial charge in [-0.15, -0.1) is 0 Å². The van der Waals surface area contributed by atoms with Crippen molar-refractivity contribution in [1.29, 1.82) is 0 Å². The molecule has 130 heavy (non-hydrogen) atoms. The van der Waals surface area contributed by atoms with Crippen LogP contribution < -0.4 is 35.6 Å². The van der Waals surface area contributed by atoms with Crippen molar-refractivity contribution in [2.45, 2.75) is 84.0 Å². The number of piperazine rings is 4. The molecule has 4 heterocycles. The van der Waals surface area contributed by atoms with Crippen molar-refractivity contribution in [3.8, 4) is 0 Å². The molecule has 32 nitrogen and oxygen atoms in total. The number of anilines is 4. The van der Waals surface area contributed by atoms with Crippen LogP contribution in [-0.4, -0.2) is 248 Å². The van der Waals surface area contributed by atoms with Crippen LogP contribution >= 0.6 is 0 Å². The number of nitrogens with one attached hydrogen (secondary N) is 3. The Hall–Kier alpha value is -15.0. The van der Waals surface area contributed by atoms with Gasteiger partial charge < -0.3 is 99.4 Å². The van der Waals surface area contributed by atoms with Gasteiger partial charge in [-0.05, 0) is 112 Å². The van der Waals surface area contributed by atoms with Gasteiger partial charge in [0, 0.05) is 147 Å². The normalized spacial score (nSPS) is 14.0. The molecule has 4 aliphatic heterocycles. The molecule has 0 unspecified atom stereocenters. The molecule has 0 radical (unpaired) electrons. The Balaban J connectivity index is 0.000000181. The van der Waals surface area contributed by atoms with Crippen LogP contribution in [0.1, 0.15) is 75.9 Å². The predicted octanol–water partition coefficient (Wildman–Crippen LogP) is 10.8. The molecule has 0 saturated carbocycles. The molecule has 9 aromatic rings. The molecule has 0 aromatic heterocycles. The summed E-state index contributed by atoms with van der Waals surface area (Å²) in [4.78, 5) is 160. The third-order valence-corrected chi connectivity index (χ3v) is 21.8. The molecular weight excluding hydrogens is 1670 g/mol. The van der Waals surface area contributed by atoms with E-state index < -0.39 is 60.3 Å². The third kappa shape index (κ3) is 32.8. The van der Waals surface area contributed by atoms with E-state index in [1.165, 1.54) is 4.90 Å². The summed E-state index contributed by atoms with van der Waals surface area (Å²) in [5, 5.41) is 43.6. The molecule has 7 N–H and O–H groups in total. The van der Waals surface area contributed by atoms with E-state index in [2.05, 4.69) is 35.6 Å². The number of likely N-dealkylation sites (N-methyl/N-ethyl adjacent to an activating group) is 1. The zero-order valence-electron chi connectivity index (χ0n) is 73.0. The molecule has 684 valence electrons. The number of benzene rings is 9. The number of hydrogen-bond acceptors (Lipinski definition) is 20. The van der Waals surface area contributed by atoms with Gasteiger partial charge in [-0.2, -0.15) is 0 Å². The maximum Gasteiger partial charge on any atom is 0.410 e. The number of hydrogen-bond donors (Lipinski definition) is 7. The van der Waals surface area contributed by atoms with Crippen LogP contribution in [0, 0.1) is 0 Å². The number of ether oxygens (including phenoxy) is 4. The molecule has 0 aliphatic carbocycles. The fraction of sp³-hybridized carbons (Fsp3) is 0.327. The largest absolute Gasteiger partial charge is 0.481 e. The van der Waals surface area contributed by atoms with Gasteiger partial charge in [0.05, 0.1) is 25.7 Å². The topological polar surface area (TPSA) is 388 Å². The minimum atomic E-state index is -0.861. The highest BCUT2D eigenvalue weighted by Crippen LogP contribution is 2.26. The summed E-state index contributed by atoms with van der Waals surface area (Å²) in [6.07, 6.45) is -1.34. The molecule has 8 amide bonds. The lowest BCUT2D eigenvalue weighted by molar-refractivity contribution is -0.137. The summed E-state index contributed by atoms with van der Waals surface area (Å²) in [6.45, 7) is 12.5. The number of nitrogens with zero attached hydrogens (tertiary/aromatic N) is 9. The molecule has 32 heteroatoms. The van der Waals surface area contributed by atoms with E-state index in [4.69, 9.17) is 39.4 Å². The molecule has 4 saturated heterocycles. The smallest absolute Gasteiger partial charge is 0.410 e. The minimum Gasteiger partial charge on any atom is -0.481 e. The highest BCUT2D eigenvalue weighted by atomic mass is 16.6. The average Bonchev–Trinajstić information content (AvgIpc) is 0.824. The van der Waals surface area contributed by atoms with Crippen LogP contribution in [0.2, 0.25) is 0 Å². The highest BCUT2D eigenvalue weighted by Gasteiger charge is 2.33. The first-order valence-electron chi connectivity index (χ1n) is 43.1. The standard InChI is InChI=1S/C28H29N3O5.C24H29N3O5.2C23H27N3O5/c32-25(33)19-21-11-13-24(14-12-21)30-15-17-31(18-16-30)27(34)26(23-9-5-2-6-10-23)29-28(35)36-20-22-7-3-1-4-8-22;28-22(7-4-12-25-24(31)32-18-20-5-2-1-3-6-20)27-15-13-26(14-16-27)21-10-8-19(9-11-21)17-23(29)30;1-24(23(30)31-17-19-5-3-2-4-6-19)16-21(27)26-13-11-25(12-14-26)20-9-7-18(8-10-20)15-22(28)29;1-17(24-23(30)31-16-19-5-3-2-4-6-19)22(29)26-13-11-25(12-14-26)20-9-7-18(8-10-20)15-21(27)28/h1-14,26H,15-20H2,(H,29,35)(H,32,33);1-3,5-6,8-11H,4,7,12-18H2,(H,25,31)(H,29,30);2-10H,11-17H2,1H3,(H,28,29);2-10,17H,11-16H2,1H3,(H,24,30)(H,27,28)/t26-;;;17-/m1..1/s1. The molecule has 0 spiro atoms. The van der Waals surface area contributed by atoms with Crippen LogP contribution in [-0.2, 0) is 109 Å². The molecule has 9 aromatic carbocycles. The molecule has 13 rings (SSSR count). The lowest BCUT2D eigenvalue weighted by atomic mass is 10.1. The monoisotopic (exact) mass is 1780 g/mol. The van der Waals surface area contributed by atoms with E-state index in [0.717, 1.165) is 80.3 Å². The maximum atomic E-state index is 13.5. The molecule has 0 bridgehead atoms. The Morgan fingerprint density at radius 3 is 0.938 bits per heavy atom. The number of amides is 8. The lowest BCUT2D eigenvalue weighted by Gasteiger charge is -2.37. The first kappa shape index (κ1) is 97.2. The number of aliphatic carboxylic acids is 4. The molecule has 2 atom stereocenters. The second-order valence-electron chi connectivity index (χ2n) is 31.3. The van der Waals surface area contributed by atoms with Gasteiger partial charge in [0.25, 0.3) is 0 Å². The van der Waals surface area contributed by atoms with E-state index in [1.54, 1.807) is 28.7 Å². The first-order valence-corrected chi connectivity index (χ1v) is 43.1. The second kappa shape index (κ2) is 51.0. The fourth-order valence-electron chi connectivity index (χ4n) is 14.6. The zero-order chi connectivity index (χ0) is 92.5. The van der Waals surface area contributed by atoms with Crippen LogP contribution in [0.5, 0.6) is 0 Å². The van der Waals surface area contributed by atoms with Crippen LogP contribution in [0.4, 0.5) is 41.9 Å². The summed E-state index contributed by atoms with van der Waals surface area (Å²) in [5.41, 5.74) is 11.3. The molecular formula is C98H112N12O20. The highest BCUT2D eigenvalue weighted by molar-refractivity contribution is 5.88. The van der Waals surface area contributed by atoms with Crippen LogP contribution in [0.15, 0.2) is 249 Å². The Kier molecular flexibility index (Phi) is 38.1. The maximum absolute atomic E-state index is 13.5.